The number of hydrogen-bond acceptors (Lipinski definition) is 5. The Morgan fingerprint density at radius 3 is 3.00 bits per heavy atom. The van der Waals surface area contributed by atoms with Gasteiger partial charge in [-0.1, -0.05) is 6.07 Å². The van der Waals surface area contributed by atoms with Crippen LogP contribution in [0.5, 0.6) is 11.5 Å². The van der Waals surface area contributed by atoms with Crippen molar-refractivity contribution < 1.29 is 9.84 Å². The topological polar surface area (TPSA) is 54.4 Å². The first kappa shape index (κ1) is 12.9. The molecule has 2 N–H and O–H groups in total. The lowest BCUT2D eigenvalue weighted by Crippen LogP contribution is -2.16. The second kappa shape index (κ2) is 6.37. The van der Waals surface area contributed by atoms with Crippen molar-refractivity contribution in [2.24, 2.45) is 0 Å². The van der Waals surface area contributed by atoms with Crippen LogP contribution in [0.3, 0.4) is 0 Å². The Morgan fingerprint density at radius 2 is 2.33 bits per heavy atom. The van der Waals surface area contributed by atoms with E-state index in [2.05, 4.69) is 10.3 Å². The van der Waals surface area contributed by atoms with Gasteiger partial charge in [-0.3, -0.25) is 0 Å². The molecule has 4 nitrogen and oxygen atoms in total. The number of phenols is 1. The number of benzene rings is 1. The third-order valence-corrected chi connectivity index (χ3v) is 3.45. The Hall–Kier alpha value is -1.59. The lowest BCUT2D eigenvalue weighted by atomic mass is 10.2. The maximum Gasteiger partial charge on any atom is 0.123 e. The highest BCUT2D eigenvalue weighted by molar-refractivity contribution is 7.09. The fourth-order valence-electron chi connectivity index (χ4n) is 1.61. The molecule has 0 aliphatic heterocycles. The van der Waals surface area contributed by atoms with E-state index in [0.717, 1.165) is 23.5 Å². The number of thiazole rings is 1. The van der Waals surface area contributed by atoms with E-state index in [-0.39, 0.29) is 5.75 Å². The number of aromatic nitrogens is 1. The second-order valence-electron chi connectivity index (χ2n) is 3.85. The fourth-order valence-corrected chi connectivity index (χ4v) is 2.24. The number of nitrogens with one attached hydrogen (secondary N) is 1. The summed E-state index contributed by atoms with van der Waals surface area (Å²) in [6.07, 6.45) is 2.73. The summed E-state index contributed by atoms with van der Waals surface area (Å²) in [5.74, 6) is 0.926. The molecule has 2 rings (SSSR count). The normalized spacial score (nSPS) is 10.5. The van der Waals surface area contributed by atoms with E-state index in [1.54, 1.807) is 24.5 Å². The quantitative estimate of drug-likeness (QED) is 0.785. The van der Waals surface area contributed by atoms with E-state index in [1.165, 1.54) is 0 Å². The number of nitrogens with zero attached hydrogens (tertiary/aromatic N) is 1. The molecule has 0 bridgehead atoms. The molecule has 2 aromatic rings. The van der Waals surface area contributed by atoms with Crippen molar-refractivity contribution in [1.29, 1.82) is 0 Å². The number of rotatable bonds is 6. The van der Waals surface area contributed by atoms with Gasteiger partial charge in [0.05, 0.1) is 12.1 Å². The molecule has 1 aromatic heterocycles. The smallest absolute Gasteiger partial charge is 0.123 e. The molecule has 0 fully saturated rings. The van der Waals surface area contributed by atoms with Gasteiger partial charge in [-0.15, -0.1) is 11.3 Å². The molecule has 18 heavy (non-hydrogen) atoms. The summed E-state index contributed by atoms with van der Waals surface area (Å²) < 4.78 is 5.04. The van der Waals surface area contributed by atoms with Crippen LogP contribution in [-0.2, 0) is 13.0 Å². The van der Waals surface area contributed by atoms with Crippen LogP contribution in [0, 0.1) is 0 Å². The van der Waals surface area contributed by atoms with Gasteiger partial charge in [0.1, 0.15) is 11.5 Å². The van der Waals surface area contributed by atoms with Crippen LogP contribution < -0.4 is 10.1 Å². The molecule has 0 spiro atoms. The summed E-state index contributed by atoms with van der Waals surface area (Å²) in [5, 5.41) is 16.2. The average molecular weight is 264 g/mol. The zero-order valence-corrected chi connectivity index (χ0v) is 11.0. The highest BCUT2D eigenvalue weighted by Gasteiger charge is 2.02. The molecule has 1 heterocycles. The van der Waals surface area contributed by atoms with Crippen molar-refractivity contribution in [2.75, 3.05) is 13.7 Å². The van der Waals surface area contributed by atoms with Crippen LogP contribution in [0.25, 0.3) is 0 Å². The SMILES string of the molecule is COc1ccc(CNCCc2nccs2)c(O)c1. The second-order valence-corrected chi connectivity index (χ2v) is 4.83. The molecule has 0 saturated heterocycles. The van der Waals surface area contributed by atoms with Gasteiger partial charge in [0, 0.05) is 42.7 Å². The van der Waals surface area contributed by atoms with Crippen LogP contribution in [0.1, 0.15) is 10.6 Å². The Bertz CT molecular complexity index is 486. The van der Waals surface area contributed by atoms with Gasteiger partial charge in [0.25, 0.3) is 0 Å². The van der Waals surface area contributed by atoms with Gasteiger partial charge in [0.15, 0.2) is 0 Å². The first-order chi connectivity index (χ1) is 8.79. The zero-order chi connectivity index (χ0) is 12.8. The average Bonchev–Trinajstić information content (AvgIpc) is 2.89. The molecule has 96 valence electrons. The van der Waals surface area contributed by atoms with E-state index in [4.69, 9.17) is 4.74 Å². The minimum atomic E-state index is 0.260. The summed E-state index contributed by atoms with van der Waals surface area (Å²) in [5.41, 5.74) is 0.870. The van der Waals surface area contributed by atoms with Gasteiger partial charge in [-0.05, 0) is 6.07 Å². The van der Waals surface area contributed by atoms with E-state index >= 15 is 0 Å². The Morgan fingerprint density at radius 1 is 1.44 bits per heavy atom. The number of phenolic OH excluding ortho intramolecular Hbond substituents is 1. The number of aromatic hydroxyl groups is 1. The predicted octanol–water partition coefficient (Wildman–Crippen LogP) is 2.19. The van der Waals surface area contributed by atoms with Crippen LogP contribution >= 0.6 is 11.3 Å². The van der Waals surface area contributed by atoms with Gasteiger partial charge in [-0.2, -0.15) is 0 Å². The lowest BCUT2D eigenvalue weighted by Gasteiger charge is -2.07. The van der Waals surface area contributed by atoms with Crippen molar-refractivity contribution in [1.82, 2.24) is 10.3 Å². The van der Waals surface area contributed by atoms with Gasteiger partial charge in [0.2, 0.25) is 0 Å². The fraction of sp³-hybridized carbons (Fsp3) is 0.308. The van der Waals surface area contributed by atoms with Crippen molar-refractivity contribution in [3.05, 3.63) is 40.3 Å². The van der Waals surface area contributed by atoms with Crippen molar-refractivity contribution >= 4 is 11.3 Å². The third kappa shape index (κ3) is 3.45. The Balaban J connectivity index is 1.79. The summed E-state index contributed by atoms with van der Waals surface area (Å²) in [6, 6.07) is 5.33. The molecule has 0 unspecified atom stereocenters. The summed E-state index contributed by atoms with van der Waals surface area (Å²) in [4.78, 5) is 4.21. The van der Waals surface area contributed by atoms with Crippen LogP contribution in [0.2, 0.25) is 0 Å². The maximum absolute atomic E-state index is 9.78. The molecule has 0 aliphatic carbocycles. The van der Waals surface area contributed by atoms with Crippen LogP contribution in [0.15, 0.2) is 29.8 Å². The Labute approximate surface area is 110 Å². The maximum atomic E-state index is 9.78. The molecular weight excluding hydrogens is 248 g/mol. The van der Waals surface area contributed by atoms with Gasteiger partial charge >= 0.3 is 0 Å². The Kier molecular flexibility index (Phi) is 4.55. The first-order valence-electron chi connectivity index (χ1n) is 5.74. The minimum Gasteiger partial charge on any atom is -0.507 e. The van der Waals surface area contributed by atoms with Crippen molar-refractivity contribution in [3.63, 3.8) is 0 Å². The summed E-state index contributed by atoms with van der Waals surface area (Å²) in [6.45, 7) is 1.49. The van der Waals surface area contributed by atoms with Crippen LogP contribution in [-0.4, -0.2) is 23.7 Å². The molecule has 0 amide bonds. The van der Waals surface area contributed by atoms with Gasteiger partial charge in [-0.25, -0.2) is 4.98 Å². The van der Waals surface area contributed by atoms with Gasteiger partial charge < -0.3 is 15.2 Å². The summed E-state index contributed by atoms with van der Waals surface area (Å²) >= 11 is 1.66. The van der Waals surface area contributed by atoms with E-state index in [1.807, 2.05) is 23.7 Å². The van der Waals surface area contributed by atoms with Crippen molar-refractivity contribution in [2.45, 2.75) is 13.0 Å². The molecule has 1 aromatic carbocycles. The first-order valence-corrected chi connectivity index (χ1v) is 6.62. The van der Waals surface area contributed by atoms with E-state index < -0.39 is 0 Å². The molecule has 5 heteroatoms. The highest BCUT2D eigenvalue weighted by atomic mass is 32.1. The van der Waals surface area contributed by atoms with Crippen LogP contribution in [0.4, 0.5) is 0 Å². The number of ether oxygens (including phenoxy) is 1. The largest absolute Gasteiger partial charge is 0.507 e. The molecular formula is C13H16N2O2S. The number of methoxy groups -OCH3 is 1. The molecule has 0 atom stereocenters. The predicted molar refractivity (Wildman–Crippen MR) is 72.2 cm³/mol. The zero-order valence-electron chi connectivity index (χ0n) is 10.2. The molecule has 0 aliphatic rings. The van der Waals surface area contributed by atoms with E-state index in [0.29, 0.717) is 12.3 Å². The minimum absolute atomic E-state index is 0.260. The third-order valence-electron chi connectivity index (χ3n) is 2.61. The van der Waals surface area contributed by atoms with E-state index in [9.17, 15) is 5.11 Å². The van der Waals surface area contributed by atoms with Crippen molar-refractivity contribution in [3.8, 4) is 11.5 Å². The lowest BCUT2D eigenvalue weighted by molar-refractivity contribution is 0.406. The number of hydrogen-bond donors (Lipinski definition) is 2. The monoisotopic (exact) mass is 264 g/mol. The highest BCUT2D eigenvalue weighted by Crippen LogP contribution is 2.23. The standard InChI is InChI=1S/C13H16N2O2S/c1-17-11-3-2-10(12(16)8-11)9-14-5-4-13-15-6-7-18-13/h2-3,6-8,14,16H,4-5,9H2,1H3. The molecule has 0 saturated carbocycles. The molecule has 0 radical (unpaired) electrons. The summed E-state index contributed by atoms with van der Waals surface area (Å²) in [7, 11) is 1.58.